The van der Waals surface area contributed by atoms with Gasteiger partial charge in [0.15, 0.2) is 0 Å². The molecular weight excluding hydrogens is 250 g/mol. The Morgan fingerprint density at radius 3 is 2.79 bits per heavy atom. The SMILES string of the molecule is O=C1CCN(C(=O)NC2CCC(C(=O)O)C2)CCN1. The number of hydrogen-bond acceptors (Lipinski definition) is 3. The fourth-order valence-corrected chi connectivity index (χ4v) is 2.57. The molecule has 19 heavy (non-hydrogen) atoms. The van der Waals surface area contributed by atoms with E-state index in [4.69, 9.17) is 5.11 Å². The monoisotopic (exact) mass is 269 g/mol. The Balaban J connectivity index is 1.81. The fraction of sp³-hybridized carbons (Fsp3) is 0.750. The summed E-state index contributed by atoms with van der Waals surface area (Å²) in [5, 5.41) is 14.5. The zero-order chi connectivity index (χ0) is 13.8. The van der Waals surface area contributed by atoms with Gasteiger partial charge in [-0.15, -0.1) is 0 Å². The van der Waals surface area contributed by atoms with E-state index in [0.717, 1.165) is 0 Å². The molecule has 7 nitrogen and oxygen atoms in total. The van der Waals surface area contributed by atoms with Crippen LogP contribution in [0.4, 0.5) is 4.79 Å². The van der Waals surface area contributed by atoms with Gasteiger partial charge in [0, 0.05) is 32.1 Å². The summed E-state index contributed by atoms with van der Waals surface area (Å²) in [6.45, 7) is 1.37. The van der Waals surface area contributed by atoms with E-state index in [-0.39, 0.29) is 23.9 Å². The molecule has 3 amide bonds. The molecule has 0 aromatic carbocycles. The molecule has 0 radical (unpaired) electrons. The molecule has 3 N–H and O–H groups in total. The van der Waals surface area contributed by atoms with E-state index >= 15 is 0 Å². The number of carboxylic acid groups (broad SMARTS) is 1. The van der Waals surface area contributed by atoms with Gasteiger partial charge in [0.25, 0.3) is 0 Å². The Kier molecular flexibility index (Phi) is 4.24. The van der Waals surface area contributed by atoms with Gasteiger partial charge < -0.3 is 20.6 Å². The first-order valence-corrected chi connectivity index (χ1v) is 6.61. The number of carbonyl (C=O) groups is 3. The molecular formula is C12H19N3O4. The molecule has 1 aliphatic carbocycles. The van der Waals surface area contributed by atoms with Crippen LogP contribution in [-0.4, -0.2) is 53.6 Å². The van der Waals surface area contributed by atoms with Crippen LogP contribution < -0.4 is 10.6 Å². The van der Waals surface area contributed by atoms with Gasteiger partial charge in [0.2, 0.25) is 5.91 Å². The molecule has 7 heteroatoms. The van der Waals surface area contributed by atoms with E-state index < -0.39 is 5.97 Å². The van der Waals surface area contributed by atoms with Crippen LogP contribution in [0, 0.1) is 5.92 Å². The lowest BCUT2D eigenvalue weighted by atomic mass is 10.1. The van der Waals surface area contributed by atoms with Crippen molar-refractivity contribution in [3.05, 3.63) is 0 Å². The van der Waals surface area contributed by atoms with E-state index in [0.29, 0.717) is 45.3 Å². The van der Waals surface area contributed by atoms with E-state index in [2.05, 4.69) is 10.6 Å². The minimum absolute atomic E-state index is 0.0397. The Morgan fingerprint density at radius 1 is 1.32 bits per heavy atom. The van der Waals surface area contributed by atoms with Crippen LogP contribution >= 0.6 is 0 Å². The predicted octanol–water partition coefficient (Wildman–Crippen LogP) is -0.229. The molecule has 0 bridgehead atoms. The van der Waals surface area contributed by atoms with Gasteiger partial charge in [0.05, 0.1) is 5.92 Å². The molecule has 1 heterocycles. The summed E-state index contributed by atoms with van der Waals surface area (Å²) in [6.07, 6.45) is 2.12. The predicted molar refractivity (Wildman–Crippen MR) is 66.5 cm³/mol. The molecule has 0 aromatic heterocycles. The van der Waals surface area contributed by atoms with Crippen LogP contribution in [0.3, 0.4) is 0 Å². The third-order valence-electron chi connectivity index (χ3n) is 3.71. The smallest absolute Gasteiger partial charge is 0.317 e. The zero-order valence-corrected chi connectivity index (χ0v) is 10.7. The highest BCUT2D eigenvalue weighted by Crippen LogP contribution is 2.25. The maximum Gasteiger partial charge on any atom is 0.317 e. The molecule has 2 unspecified atom stereocenters. The first kappa shape index (κ1) is 13.6. The second kappa shape index (κ2) is 5.90. The second-order valence-corrected chi connectivity index (χ2v) is 5.08. The minimum atomic E-state index is -0.790. The number of hydrogen-bond donors (Lipinski definition) is 3. The van der Waals surface area contributed by atoms with E-state index in [1.165, 1.54) is 0 Å². The van der Waals surface area contributed by atoms with Gasteiger partial charge >= 0.3 is 12.0 Å². The number of nitrogens with one attached hydrogen (secondary N) is 2. The topological polar surface area (TPSA) is 98.7 Å². The summed E-state index contributed by atoms with van der Waals surface area (Å²) in [7, 11) is 0. The Bertz CT molecular complexity index is 385. The van der Waals surface area contributed by atoms with Gasteiger partial charge in [0.1, 0.15) is 0 Å². The number of nitrogens with zero attached hydrogens (tertiary/aromatic N) is 1. The summed E-state index contributed by atoms with van der Waals surface area (Å²) in [5.41, 5.74) is 0. The van der Waals surface area contributed by atoms with Crippen molar-refractivity contribution >= 4 is 17.9 Å². The van der Waals surface area contributed by atoms with Crippen molar-refractivity contribution < 1.29 is 19.5 Å². The summed E-state index contributed by atoms with van der Waals surface area (Å²) in [4.78, 5) is 35.6. The molecule has 1 saturated carbocycles. The van der Waals surface area contributed by atoms with Gasteiger partial charge in [-0.25, -0.2) is 4.79 Å². The normalized spacial score (nSPS) is 27.6. The van der Waals surface area contributed by atoms with E-state index in [1.54, 1.807) is 4.90 Å². The van der Waals surface area contributed by atoms with Gasteiger partial charge in [-0.05, 0) is 19.3 Å². The molecule has 0 spiro atoms. The maximum atomic E-state index is 12.0. The number of amides is 3. The first-order valence-electron chi connectivity index (χ1n) is 6.61. The molecule has 2 aliphatic rings. The molecule has 0 aromatic rings. The van der Waals surface area contributed by atoms with Gasteiger partial charge in [-0.1, -0.05) is 0 Å². The number of carbonyl (C=O) groups excluding carboxylic acids is 2. The number of urea groups is 1. The van der Waals surface area contributed by atoms with Crippen LogP contribution in [-0.2, 0) is 9.59 Å². The number of rotatable bonds is 2. The summed E-state index contributed by atoms with van der Waals surface area (Å²) in [5.74, 6) is -1.18. The van der Waals surface area contributed by atoms with E-state index in [9.17, 15) is 14.4 Å². The Morgan fingerprint density at radius 2 is 2.11 bits per heavy atom. The van der Waals surface area contributed by atoms with Gasteiger partial charge in [-0.3, -0.25) is 9.59 Å². The van der Waals surface area contributed by atoms with Gasteiger partial charge in [-0.2, -0.15) is 0 Å². The molecule has 106 valence electrons. The zero-order valence-electron chi connectivity index (χ0n) is 10.7. The lowest BCUT2D eigenvalue weighted by molar-refractivity contribution is -0.141. The third kappa shape index (κ3) is 3.59. The Hall–Kier alpha value is -1.79. The van der Waals surface area contributed by atoms with Crippen molar-refractivity contribution in [2.45, 2.75) is 31.7 Å². The lowest BCUT2D eigenvalue weighted by Gasteiger charge is -2.22. The number of aliphatic carboxylic acids is 1. The summed E-state index contributed by atoms with van der Waals surface area (Å²) >= 11 is 0. The summed E-state index contributed by atoms with van der Waals surface area (Å²) < 4.78 is 0. The minimum Gasteiger partial charge on any atom is -0.481 e. The van der Waals surface area contributed by atoms with Crippen molar-refractivity contribution in [2.24, 2.45) is 5.92 Å². The highest BCUT2D eigenvalue weighted by Gasteiger charge is 2.31. The highest BCUT2D eigenvalue weighted by molar-refractivity contribution is 5.79. The molecule has 2 rings (SSSR count). The quantitative estimate of drug-likeness (QED) is 0.645. The van der Waals surface area contributed by atoms with E-state index in [1.807, 2.05) is 0 Å². The average Bonchev–Trinajstić information content (AvgIpc) is 2.71. The van der Waals surface area contributed by atoms with Crippen molar-refractivity contribution in [1.29, 1.82) is 0 Å². The highest BCUT2D eigenvalue weighted by atomic mass is 16.4. The van der Waals surface area contributed by atoms with Crippen molar-refractivity contribution in [3.63, 3.8) is 0 Å². The van der Waals surface area contributed by atoms with Crippen LogP contribution in [0.1, 0.15) is 25.7 Å². The van der Waals surface area contributed by atoms with Crippen molar-refractivity contribution in [3.8, 4) is 0 Å². The number of carboxylic acids is 1. The third-order valence-corrected chi connectivity index (χ3v) is 3.71. The molecule has 1 saturated heterocycles. The second-order valence-electron chi connectivity index (χ2n) is 5.08. The first-order chi connectivity index (χ1) is 9.06. The van der Waals surface area contributed by atoms with Crippen molar-refractivity contribution in [1.82, 2.24) is 15.5 Å². The Labute approximate surface area is 111 Å². The van der Waals surface area contributed by atoms with Crippen LogP contribution in [0.25, 0.3) is 0 Å². The fourth-order valence-electron chi connectivity index (χ4n) is 2.57. The molecule has 2 atom stereocenters. The van der Waals surface area contributed by atoms with Crippen LogP contribution in [0.15, 0.2) is 0 Å². The standard InChI is InChI=1S/C12H19N3O4/c16-10-3-5-15(6-4-13-10)12(19)14-9-2-1-8(7-9)11(17)18/h8-9H,1-7H2,(H,13,16)(H,14,19)(H,17,18). The molecule has 2 fully saturated rings. The molecule has 1 aliphatic heterocycles. The van der Waals surface area contributed by atoms with Crippen LogP contribution in [0.2, 0.25) is 0 Å². The van der Waals surface area contributed by atoms with Crippen molar-refractivity contribution in [2.75, 3.05) is 19.6 Å². The largest absolute Gasteiger partial charge is 0.481 e. The van der Waals surface area contributed by atoms with Crippen LogP contribution in [0.5, 0.6) is 0 Å². The average molecular weight is 269 g/mol. The maximum absolute atomic E-state index is 12.0. The summed E-state index contributed by atoms with van der Waals surface area (Å²) in [6, 6.07) is -0.270. The lowest BCUT2D eigenvalue weighted by Crippen LogP contribution is -2.45.